The van der Waals surface area contributed by atoms with Crippen molar-refractivity contribution in [3.63, 3.8) is 0 Å². The first-order valence-electron chi connectivity index (χ1n) is 11.9. The minimum atomic E-state index is -1.82. The molecule has 0 radical (unpaired) electrons. The van der Waals surface area contributed by atoms with Gasteiger partial charge in [-0.1, -0.05) is 42.0 Å². The van der Waals surface area contributed by atoms with Crippen molar-refractivity contribution >= 4 is 23.8 Å². The highest BCUT2D eigenvalue weighted by molar-refractivity contribution is 6.27. The van der Waals surface area contributed by atoms with E-state index in [4.69, 9.17) is 24.5 Å². The van der Waals surface area contributed by atoms with Gasteiger partial charge in [0.1, 0.15) is 12.4 Å². The number of amides is 2. The zero-order valence-corrected chi connectivity index (χ0v) is 20.9. The minimum Gasteiger partial charge on any atom is -0.489 e. The lowest BCUT2D eigenvalue weighted by atomic mass is 10.1. The molecule has 38 heavy (non-hydrogen) atoms. The van der Waals surface area contributed by atoms with Crippen molar-refractivity contribution in [1.82, 2.24) is 14.8 Å². The topological polar surface area (TPSA) is 137 Å². The molecule has 2 amide bonds. The molecule has 1 aromatic heterocycles. The third-order valence-electron chi connectivity index (χ3n) is 5.75. The molecule has 3 aromatic rings. The summed E-state index contributed by atoms with van der Waals surface area (Å²) in [5, 5.41) is 14.8. The Kier molecular flexibility index (Phi) is 9.93. The van der Waals surface area contributed by atoms with Gasteiger partial charge in [-0.05, 0) is 42.3 Å². The maximum atomic E-state index is 13.0. The summed E-state index contributed by atoms with van der Waals surface area (Å²) in [5.74, 6) is -2.95. The zero-order valence-electron chi connectivity index (χ0n) is 20.9. The Balaban J connectivity index is 0.000000599. The van der Waals surface area contributed by atoms with Crippen LogP contribution in [-0.4, -0.2) is 74.9 Å². The van der Waals surface area contributed by atoms with Gasteiger partial charge in [0.2, 0.25) is 5.91 Å². The molecule has 198 valence electrons. The number of piperazine rings is 1. The molecule has 1 saturated heterocycles. The highest BCUT2D eigenvalue weighted by atomic mass is 16.5. The van der Waals surface area contributed by atoms with E-state index in [2.05, 4.69) is 24.0 Å². The lowest BCUT2D eigenvalue weighted by molar-refractivity contribution is -0.159. The first-order chi connectivity index (χ1) is 18.2. The Labute approximate surface area is 220 Å². The number of carboxylic acids is 2. The number of carbonyl (C=O) groups excluding carboxylic acids is 2. The average Bonchev–Trinajstić information content (AvgIpc) is 2.92. The maximum Gasteiger partial charge on any atom is 0.414 e. The second kappa shape index (κ2) is 13.5. The van der Waals surface area contributed by atoms with Crippen molar-refractivity contribution in [2.24, 2.45) is 0 Å². The first-order valence-corrected chi connectivity index (χ1v) is 11.9. The Hall–Kier alpha value is -4.73. The molecule has 1 fully saturated rings. The normalized spacial score (nSPS) is 12.7. The number of nitrogens with zero attached hydrogens (tertiary/aromatic N) is 3. The second-order valence-corrected chi connectivity index (χ2v) is 8.63. The van der Waals surface area contributed by atoms with Crippen LogP contribution in [0.25, 0.3) is 0 Å². The fraction of sp³-hybridized carbons (Fsp3) is 0.250. The molecular weight excluding hydrogens is 490 g/mol. The van der Waals surface area contributed by atoms with Crippen molar-refractivity contribution in [3.8, 4) is 5.75 Å². The van der Waals surface area contributed by atoms with Crippen molar-refractivity contribution < 1.29 is 34.1 Å². The average molecular weight is 520 g/mol. The Morgan fingerprint density at radius 3 is 2.13 bits per heavy atom. The number of hydrogen-bond donors (Lipinski definition) is 2. The molecule has 0 unspecified atom stereocenters. The number of rotatable bonds is 6. The minimum absolute atomic E-state index is 0.0367. The molecule has 10 heteroatoms. The molecule has 2 N–H and O–H groups in total. The van der Waals surface area contributed by atoms with Gasteiger partial charge in [-0.3, -0.25) is 14.6 Å². The van der Waals surface area contributed by atoms with Gasteiger partial charge in [-0.25, -0.2) is 9.59 Å². The summed E-state index contributed by atoms with van der Waals surface area (Å²) in [6.07, 6.45) is 3.74. The SMILES string of the molecule is Cc1cccc(COc2cccc(C(=O)N3CCN(C(=O)Cc4cccnc4)CC3)c2)c1.O=C(O)C(=O)O. The van der Waals surface area contributed by atoms with Crippen molar-refractivity contribution in [2.45, 2.75) is 20.0 Å². The van der Waals surface area contributed by atoms with E-state index in [1.54, 1.807) is 23.4 Å². The van der Waals surface area contributed by atoms with Gasteiger partial charge in [0.15, 0.2) is 0 Å². The van der Waals surface area contributed by atoms with Crippen LogP contribution < -0.4 is 4.74 Å². The Morgan fingerprint density at radius 1 is 0.842 bits per heavy atom. The molecule has 2 heterocycles. The summed E-state index contributed by atoms with van der Waals surface area (Å²) in [6, 6.07) is 19.2. The van der Waals surface area contributed by atoms with E-state index < -0.39 is 11.9 Å². The number of benzene rings is 2. The molecule has 0 aliphatic carbocycles. The van der Waals surface area contributed by atoms with E-state index in [1.807, 2.05) is 47.4 Å². The highest BCUT2D eigenvalue weighted by Gasteiger charge is 2.25. The van der Waals surface area contributed by atoms with E-state index in [-0.39, 0.29) is 11.8 Å². The van der Waals surface area contributed by atoms with Crippen LogP contribution in [0, 0.1) is 6.92 Å². The van der Waals surface area contributed by atoms with Crippen LogP contribution in [0.1, 0.15) is 27.0 Å². The molecule has 1 aliphatic heterocycles. The first kappa shape index (κ1) is 27.9. The van der Waals surface area contributed by atoms with Crippen molar-refractivity contribution in [3.05, 3.63) is 95.3 Å². The molecule has 0 atom stereocenters. The molecule has 0 bridgehead atoms. The van der Waals surface area contributed by atoms with Gasteiger partial charge >= 0.3 is 11.9 Å². The largest absolute Gasteiger partial charge is 0.489 e. The van der Waals surface area contributed by atoms with Crippen LogP contribution in [0.2, 0.25) is 0 Å². The second-order valence-electron chi connectivity index (χ2n) is 8.63. The molecular formula is C28H29N3O7. The predicted molar refractivity (Wildman–Crippen MR) is 138 cm³/mol. The summed E-state index contributed by atoms with van der Waals surface area (Å²) in [5.41, 5.74) is 3.78. The monoisotopic (exact) mass is 519 g/mol. The Bertz CT molecular complexity index is 1260. The summed E-state index contributed by atoms with van der Waals surface area (Å²) in [7, 11) is 0. The van der Waals surface area contributed by atoms with Crippen molar-refractivity contribution in [1.29, 1.82) is 0 Å². The van der Waals surface area contributed by atoms with E-state index in [1.165, 1.54) is 5.56 Å². The predicted octanol–water partition coefficient (Wildman–Crippen LogP) is 2.65. The van der Waals surface area contributed by atoms with Crippen LogP contribution >= 0.6 is 0 Å². The van der Waals surface area contributed by atoms with Gasteiger partial charge in [0, 0.05) is 44.1 Å². The van der Waals surface area contributed by atoms with Crippen LogP contribution in [0.15, 0.2) is 73.1 Å². The number of carboxylic acid groups (broad SMARTS) is 2. The van der Waals surface area contributed by atoms with Crippen LogP contribution in [0.3, 0.4) is 0 Å². The summed E-state index contributed by atoms with van der Waals surface area (Å²) < 4.78 is 5.90. The van der Waals surface area contributed by atoms with E-state index in [9.17, 15) is 9.59 Å². The van der Waals surface area contributed by atoms with Crippen LogP contribution in [0.4, 0.5) is 0 Å². The lowest BCUT2D eigenvalue weighted by Gasteiger charge is -2.35. The fourth-order valence-corrected chi connectivity index (χ4v) is 3.82. The number of aromatic nitrogens is 1. The molecule has 0 spiro atoms. The fourth-order valence-electron chi connectivity index (χ4n) is 3.82. The quantitative estimate of drug-likeness (QED) is 0.474. The maximum absolute atomic E-state index is 13.0. The Morgan fingerprint density at radius 2 is 1.50 bits per heavy atom. The smallest absolute Gasteiger partial charge is 0.414 e. The number of carbonyl (C=O) groups is 4. The zero-order chi connectivity index (χ0) is 27.5. The van der Waals surface area contributed by atoms with Crippen molar-refractivity contribution in [2.75, 3.05) is 26.2 Å². The van der Waals surface area contributed by atoms with Gasteiger partial charge in [-0.2, -0.15) is 0 Å². The van der Waals surface area contributed by atoms with Gasteiger partial charge in [0.25, 0.3) is 5.91 Å². The summed E-state index contributed by atoms with van der Waals surface area (Å²) >= 11 is 0. The number of aliphatic carboxylic acids is 2. The number of hydrogen-bond acceptors (Lipinski definition) is 6. The standard InChI is InChI=1S/C26H27N3O3.C2H2O4/c1-20-5-2-6-22(15-20)19-32-24-9-3-8-23(17-24)26(31)29-13-11-28(12-14-29)25(30)16-21-7-4-10-27-18-21;3-1(4)2(5)6/h2-10,15,17-18H,11-14,16,19H2,1H3;(H,3,4)(H,5,6). The molecule has 1 aliphatic rings. The van der Waals surface area contributed by atoms with Gasteiger partial charge in [0.05, 0.1) is 6.42 Å². The molecule has 0 saturated carbocycles. The summed E-state index contributed by atoms with van der Waals surface area (Å²) in [4.78, 5) is 51.4. The molecule has 2 aromatic carbocycles. The van der Waals surface area contributed by atoms with Gasteiger partial charge in [-0.15, -0.1) is 0 Å². The lowest BCUT2D eigenvalue weighted by Crippen LogP contribution is -2.51. The van der Waals surface area contributed by atoms with E-state index >= 15 is 0 Å². The van der Waals surface area contributed by atoms with E-state index in [0.717, 1.165) is 11.1 Å². The third-order valence-corrected chi connectivity index (χ3v) is 5.75. The summed E-state index contributed by atoms with van der Waals surface area (Å²) in [6.45, 7) is 4.62. The molecule has 4 rings (SSSR count). The van der Waals surface area contributed by atoms with Gasteiger partial charge < -0.3 is 24.7 Å². The number of pyridine rings is 1. The highest BCUT2D eigenvalue weighted by Crippen LogP contribution is 2.18. The molecule has 10 nitrogen and oxygen atoms in total. The van der Waals surface area contributed by atoms with Crippen LogP contribution in [0.5, 0.6) is 5.75 Å². The number of ether oxygens (including phenoxy) is 1. The van der Waals surface area contributed by atoms with Crippen LogP contribution in [-0.2, 0) is 27.4 Å². The third kappa shape index (κ3) is 8.44. The number of aryl methyl sites for hydroxylation is 1. The van der Waals surface area contributed by atoms with E-state index in [0.29, 0.717) is 50.5 Å².